The van der Waals surface area contributed by atoms with Crippen molar-refractivity contribution in [3.63, 3.8) is 0 Å². The molecule has 0 heterocycles. The highest BCUT2D eigenvalue weighted by Crippen LogP contribution is 2.19. The fourth-order valence-electron chi connectivity index (χ4n) is 1.55. The van der Waals surface area contributed by atoms with Gasteiger partial charge in [0, 0.05) is 12.1 Å². The number of carbonyl (C=O) groups is 1. The Morgan fingerprint density at radius 2 is 1.82 bits per heavy atom. The van der Waals surface area contributed by atoms with Crippen molar-refractivity contribution < 1.29 is 14.6 Å². The van der Waals surface area contributed by atoms with Crippen molar-refractivity contribution in [2.75, 3.05) is 6.54 Å². The minimum absolute atomic E-state index is 0.146. The second-order valence-corrected chi connectivity index (χ2v) is 4.78. The summed E-state index contributed by atoms with van der Waals surface area (Å²) in [5.74, 6) is 0.573. The van der Waals surface area contributed by atoms with E-state index in [-0.39, 0.29) is 17.4 Å². The summed E-state index contributed by atoms with van der Waals surface area (Å²) < 4.78 is 5.22. The van der Waals surface area contributed by atoms with Gasteiger partial charge in [-0.2, -0.15) is 0 Å². The summed E-state index contributed by atoms with van der Waals surface area (Å²) in [7, 11) is 0. The molecule has 17 heavy (non-hydrogen) atoms. The van der Waals surface area contributed by atoms with Gasteiger partial charge in [-0.05, 0) is 52.0 Å². The van der Waals surface area contributed by atoms with Crippen molar-refractivity contribution in [2.24, 2.45) is 0 Å². The van der Waals surface area contributed by atoms with Gasteiger partial charge in [-0.15, -0.1) is 0 Å². The Morgan fingerprint density at radius 1 is 1.29 bits per heavy atom. The first-order valence-corrected chi connectivity index (χ1v) is 5.63. The van der Waals surface area contributed by atoms with Crippen LogP contribution in [-0.2, 0) is 0 Å². The number of nitrogens with zero attached hydrogens (tertiary/aromatic N) is 1. The van der Waals surface area contributed by atoms with Gasteiger partial charge in [0.25, 0.3) is 0 Å². The molecule has 0 aliphatic heterocycles. The van der Waals surface area contributed by atoms with Gasteiger partial charge in [0.05, 0.1) is 0 Å². The molecule has 0 aliphatic rings. The van der Waals surface area contributed by atoms with Crippen molar-refractivity contribution >= 4 is 6.09 Å². The third-order valence-corrected chi connectivity index (χ3v) is 2.39. The van der Waals surface area contributed by atoms with E-state index in [1.54, 1.807) is 17.0 Å². The summed E-state index contributed by atoms with van der Waals surface area (Å²) in [5, 5.41) is 9.12. The van der Waals surface area contributed by atoms with Crippen LogP contribution in [0, 0.1) is 0 Å². The number of amides is 1. The van der Waals surface area contributed by atoms with Crippen LogP contribution in [0.2, 0.25) is 0 Å². The molecule has 0 saturated carbocycles. The zero-order valence-corrected chi connectivity index (χ0v) is 10.7. The van der Waals surface area contributed by atoms with Gasteiger partial charge in [-0.1, -0.05) is 0 Å². The highest BCUT2D eigenvalue weighted by Gasteiger charge is 2.26. The van der Waals surface area contributed by atoms with E-state index in [4.69, 9.17) is 9.84 Å². The topological polar surface area (TPSA) is 49.8 Å². The van der Waals surface area contributed by atoms with Crippen LogP contribution in [0.5, 0.6) is 11.5 Å². The van der Waals surface area contributed by atoms with Gasteiger partial charge in [0.1, 0.15) is 11.5 Å². The molecule has 1 aromatic carbocycles. The molecule has 0 spiro atoms. The van der Waals surface area contributed by atoms with Gasteiger partial charge < -0.3 is 14.7 Å². The van der Waals surface area contributed by atoms with Crippen molar-refractivity contribution in [3.05, 3.63) is 24.3 Å². The summed E-state index contributed by atoms with van der Waals surface area (Å²) in [6.07, 6.45) is -0.384. The Morgan fingerprint density at radius 3 is 2.24 bits per heavy atom. The predicted molar refractivity (Wildman–Crippen MR) is 66.3 cm³/mol. The third-order valence-electron chi connectivity index (χ3n) is 2.39. The maximum atomic E-state index is 11.9. The molecule has 1 N–H and O–H groups in total. The van der Waals surface area contributed by atoms with Gasteiger partial charge in [-0.25, -0.2) is 4.79 Å². The molecule has 0 aromatic heterocycles. The standard InChI is InChI=1S/C13H19NO3/c1-5-14(13(2,3)4)12(16)17-11-8-6-10(15)7-9-11/h6-9,15H,5H2,1-4H3. The quantitative estimate of drug-likeness (QED) is 0.860. The molecule has 0 radical (unpaired) electrons. The van der Waals surface area contributed by atoms with Crippen LogP contribution in [0.15, 0.2) is 24.3 Å². The van der Waals surface area contributed by atoms with E-state index in [0.717, 1.165) is 0 Å². The average Bonchev–Trinajstić information content (AvgIpc) is 2.20. The lowest BCUT2D eigenvalue weighted by Crippen LogP contribution is -2.46. The molecule has 1 rings (SSSR count). The molecule has 4 nitrogen and oxygen atoms in total. The van der Waals surface area contributed by atoms with Gasteiger partial charge in [-0.3, -0.25) is 0 Å². The van der Waals surface area contributed by atoms with Crippen LogP contribution in [0.1, 0.15) is 27.7 Å². The molecular formula is C13H19NO3. The molecule has 0 atom stereocenters. The SMILES string of the molecule is CCN(C(=O)Oc1ccc(O)cc1)C(C)(C)C. The zero-order valence-electron chi connectivity index (χ0n) is 10.7. The van der Waals surface area contributed by atoms with E-state index in [9.17, 15) is 4.79 Å². The van der Waals surface area contributed by atoms with E-state index in [1.807, 2.05) is 27.7 Å². The van der Waals surface area contributed by atoms with Crippen molar-refractivity contribution in [1.82, 2.24) is 4.90 Å². The molecule has 4 heteroatoms. The third kappa shape index (κ3) is 3.66. The normalized spacial score (nSPS) is 11.1. The van der Waals surface area contributed by atoms with Crippen molar-refractivity contribution in [3.8, 4) is 11.5 Å². The minimum Gasteiger partial charge on any atom is -0.508 e. The largest absolute Gasteiger partial charge is 0.508 e. The zero-order chi connectivity index (χ0) is 13.1. The van der Waals surface area contributed by atoms with Gasteiger partial charge in [0.2, 0.25) is 0 Å². The number of aromatic hydroxyl groups is 1. The Balaban J connectivity index is 2.74. The maximum Gasteiger partial charge on any atom is 0.415 e. The van der Waals surface area contributed by atoms with Crippen molar-refractivity contribution in [2.45, 2.75) is 33.2 Å². The molecule has 94 valence electrons. The molecule has 0 bridgehead atoms. The van der Waals surface area contributed by atoms with Crippen LogP contribution < -0.4 is 4.74 Å². The first-order valence-electron chi connectivity index (χ1n) is 5.63. The number of ether oxygens (including phenoxy) is 1. The molecule has 0 saturated heterocycles. The molecule has 1 amide bonds. The Kier molecular flexibility index (Phi) is 3.99. The first-order chi connectivity index (χ1) is 7.84. The Labute approximate surface area is 102 Å². The van der Waals surface area contributed by atoms with Crippen molar-refractivity contribution in [1.29, 1.82) is 0 Å². The second kappa shape index (κ2) is 5.08. The molecule has 0 unspecified atom stereocenters. The number of carbonyl (C=O) groups excluding carboxylic acids is 1. The van der Waals surface area contributed by atoms with E-state index < -0.39 is 0 Å². The summed E-state index contributed by atoms with van der Waals surface area (Å²) in [6.45, 7) is 8.35. The molecule has 0 fully saturated rings. The highest BCUT2D eigenvalue weighted by molar-refractivity contribution is 5.71. The average molecular weight is 237 g/mol. The highest BCUT2D eigenvalue weighted by atomic mass is 16.6. The predicted octanol–water partition coefficient (Wildman–Crippen LogP) is 3.01. The number of hydrogen-bond acceptors (Lipinski definition) is 3. The van der Waals surface area contributed by atoms with Gasteiger partial charge >= 0.3 is 6.09 Å². The monoisotopic (exact) mass is 237 g/mol. The molecule has 0 aliphatic carbocycles. The lowest BCUT2D eigenvalue weighted by Gasteiger charge is -2.33. The Hall–Kier alpha value is -1.71. The number of phenolic OH excluding ortho intramolecular Hbond substituents is 1. The fraction of sp³-hybridized carbons (Fsp3) is 0.462. The summed E-state index contributed by atoms with van der Waals surface area (Å²) in [4.78, 5) is 13.6. The smallest absolute Gasteiger partial charge is 0.415 e. The fourth-order valence-corrected chi connectivity index (χ4v) is 1.55. The molecular weight excluding hydrogens is 218 g/mol. The van der Waals surface area contributed by atoms with Crippen LogP contribution in [0.4, 0.5) is 4.79 Å². The maximum absolute atomic E-state index is 11.9. The number of phenols is 1. The van der Waals surface area contributed by atoms with Gasteiger partial charge in [0.15, 0.2) is 0 Å². The van der Waals surface area contributed by atoms with Crippen LogP contribution in [0.25, 0.3) is 0 Å². The lowest BCUT2D eigenvalue weighted by atomic mass is 10.1. The number of hydrogen-bond donors (Lipinski definition) is 1. The number of rotatable bonds is 2. The first kappa shape index (κ1) is 13.4. The number of benzene rings is 1. The van der Waals surface area contributed by atoms with E-state index >= 15 is 0 Å². The molecule has 1 aromatic rings. The minimum atomic E-state index is -0.384. The van der Waals surface area contributed by atoms with E-state index in [1.165, 1.54) is 12.1 Å². The lowest BCUT2D eigenvalue weighted by molar-refractivity contribution is 0.110. The second-order valence-electron chi connectivity index (χ2n) is 4.78. The van der Waals surface area contributed by atoms with Crippen LogP contribution in [-0.4, -0.2) is 28.2 Å². The van der Waals surface area contributed by atoms with E-state index in [0.29, 0.717) is 12.3 Å². The van der Waals surface area contributed by atoms with Crippen LogP contribution in [0.3, 0.4) is 0 Å². The summed E-state index contributed by atoms with van der Waals surface area (Å²) in [5.41, 5.74) is -0.275. The van der Waals surface area contributed by atoms with Crippen LogP contribution >= 0.6 is 0 Å². The summed E-state index contributed by atoms with van der Waals surface area (Å²) >= 11 is 0. The van der Waals surface area contributed by atoms with E-state index in [2.05, 4.69) is 0 Å². The summed E-state index contributed by atoms with van der Waals surface area (Å²) in [6, 6.07) is 6.08. The Bertz CT molecular complexity index is 379.